The van der Waals surface area contributed by atoms with Crippen LogP contribution in [0.2, 0.25) is 0 Å². The monoisotopic (exact) mass is 247 g/mol. The summed E-state index contributed by atoms with van der Waals surface area (Å²) >= 11 is 1.48. The zero-order valence-corrected chi connectivity index (χ0v) is 9.98. The number of aliphatic hydroxyl groups excluding tert-OH is 1. The van der Waals surface area contributed by atoms with Crippen LogP contribution >= 0.6 is 11.3 Å². The third kappa shape index (κ3) is 2.93. The van der Waals surface area contributed by atoms with Crippen molar-refractivity contribution in [1.82, 2.24) is 5.32 Å². The van der Waals surface area contributed by atoms with Gasteiger partial charge in [0.25, 0.3) is 5.91 Å². The molecule has 2 aromatic rings. The van der Waals surface area contributed by atoms with Gasteiger partial charge in [-0.3, -0.25) is 4.79 Å². The molecule has 1 aromatic heterocycles. The Morgan fingerprint density at radius 2 is 2.06 bits per heavy atom. The van der Waals surface area contributed by atoms with Crippen molar-refractivity contribution in [3.05, 3.63) is 58.3 Å². The normalized spacial score (nSPS) is 12.1. The van der Waals surface area contributed by atoms with E-state index in [9.17, 15) is 9.90 Å². The Bertz CT molecular complexity index is 467. The lowest BCUT2D eigenvalue weighted by molar-refractivity contribution is 0.0916. The van der Waals surface area contributed by atoms with Crippen molar-refractivity contribution >= 4 is 17.2 Å². The van der Waals surface area contributed by atoms with Crippen molar-refractivity contribution in [2.24, 2.45) is 0 Å². The summed E-state index contributed by atoms with van der Waals surface area (Å²) in [6.45, 7) is -0.111. The molecule has 0 spiro atoms. The molecule has 2 rings (SSSR count). The van der Waals surface area contributed by atoms with Gasteiger partial charge in [0.1, 0.15) is 0 Å². The van der Waals surface area contributed by atoms with E-state index in [0.29, 0.717) is 5.56 Å². The Kier molecular flexibility index (Phi) is 3.90. The van der Waals surface area contributed by atoms with Crippen molar-refractivity contribution < 1.29 is 9.90 Å². The van der Waals surface area contributed by atoms with Gasteiger partial charge >= 0.3 is 0 Å². The molecular formula is C13H13NO2S. The van der Waals surface area contributed by atoms with Crippen LogP contribution in [0, 0.1) is 0 Å². The topological polar surface area (TPSA) is 49.3 Å². The SMILES string of the molecule is O=C(N[C@@H](CO)c1ccccc1)c1ccsc1. The van der Waals surface area contributed by atoms with Crippen molar-refractivity contribution in [3.63, 3.8) is 0 Å². The quantitative estimate of drug-likeness (QED) is 0.870. The molecule has 0 aliphatic carbocycles. The van der Waals surface area contributed by atoms with Crippen LogP contribution in [0.5, 0.6) is 0 Å². The maximum Gasteiger partial charge on any atom is 0.252 e. The predicted molar refractivity (Wildman–Crippen MR) is 68.1 cm³/mol. The number of aliphatic hydroxyl groups is 1. The third-order valence-corrected chi connectivity index (χ3v) is 3.16. The molecule has 1 heterocycles. The van der Waals surface area contributed by atoms with E-state index in [1.807, 2.05) is 35.7 Å². The van der Waals surface area contributed by atoms with Gasteiger partial charge in [0.05, 0.1) is 18.2 Å². The molecule has 0 bridgehead atoms. The number of carbonyl (C=O) groups is 1. The highest BCUT2D eigenvalue weighted by Crippen LogP contribution is 2.13. The minimum absolute atomic E-state index is 0.111. The average Bonchev–Trinajstić information content (AvgIpc) is 2.90. The van der Waals surface area contributed by atoms with Crippen LogP contribution in [0.4, 0.5) is 0 Å². The molecule has 1 aromatic carbocycles. The molecule has 3 nitrogen and oxygen atoms in total. The molecule has 0 fully saturated rings. The Morgan fingerprint density at radius 1 is 1.29 bits per heavy atom. The van der Waals surface area contributed by atoms with Crippen LogP contribution in [0.25, 0.3) is 0 Å². The summed E-state index contributed by atoms with van der Waals surface area (Å²) < 4.78 is 0. The second-order valence-electron chi connectivity index (χ2n) is 3.63. The summed E-state index contributed by atoms with van der Waals surface area (Å²) in [4.78, 5) is 11.8. The molecule has 0 aliphatic heterocycles. The standard InChI is InChI=1S/C13H13NO2S/c15-8-12(10-4-2-1-3-5-10)14-13(16)11-6-7-17-9-11/h1-7,9,12,15H,8H2,(H,14,16)/t12-/m0/s1. The average molecular weight is 247 g/mol. The fourth-order valence-electron chi connectivity index (χ4n) is 1.55. The molecule has 2 N–H and O–H groups in total. The Labute approximate surface area is 104 Å². The maximum absolute atomic E-state index is 11.8. The molecular weight excluding hydrogens is 234 g/mol. The van der Waals surface area contributed by atoms with Crippen LogP contribution < -0.4 is 5.32 Å². The number of hydrogen-bond acceptors (Lipinski definition) is 3. The van der Waals surface area contributed by atoms with E-state index in [-0.39, 0.29) is 18.6 Å². The summed E-state index contributed by atoms with van der Waals surface area (Å²) in [6.07, 6.45) is 0. The molecule has 0 saturated heterocycles. The van der Waals surface area contributed by atoms with E-state index in [1.165, 1.54) is 11.3 Å². The van der Waals surface area contributed by atoms with Crippen LogP contribution in [0.1, 0.15) is 22.0 Å². The van der Waals surface area contributed by atoms with Crippen LogP contribution in [-0.4, -0.2) is 17.6 Å². The largest absolute Gasteiger partial charge is 0.394 e. The summed E-state index contributed by atoms with van der Waals surface area (Å²) in [5.74, 6) is -0.158. The van der Waals surface area contributed by atoms with Gasteiger partial charge in [-0.1, -0.05) is 30.3 Å². The second-order valence-corrected chi connectivity index (χ2v) is 4.41. The molecule has 1 amide bonds. The first kappa shape index (κ1) is 11.8. The second kappa shape index (κ2) is 5.61. The number of rotatable bonds is 4. The van der Waals surface area contributed by atoms with Gasteiger partial charge in [-0.2, -0.15) is 11.3 Å². The molecule has 17 heavy (non-hydrogen) atoms. The molecule has 4 heteroatoms. The summed E-state index contributed by atoms with van der Waals surface area (Å²) in [6, 6.07) is 10.8. The fourth-order valence-corrected chi connectivity index (χ4v) is 2.19. The number of benzene rings is 1. The van der Waals surface area contributed by atoms with Gasteiger partial charge in [0.15, 0.2) is 0 Å². The number of amides is 1. The highest BCUT2D eigenvalue weighted by Gasteiger charge is 2.14. The lowest BCUT2D eigenvalue weighted by Crippen LogP contribution is -2.30. The Hall–Kier alpha value is -1.65. The molecule has 0 radical (unpaired) electrons. The van der Waals surface area contributed by atoms with E-state index in [2.05, 4.69) is 5.32 Å². The summed E-state index contributed by atoms with van der Waals surface area (Å²) in [5, 5.41) is 15.8. The predicted octanol–water partition coefficient (Wildman–Crippen LogP) is 2.21. The number of carbonyl (C=O) groups excluding carboxylic acids is 1. The number of thiophene rings is 1. The summed E-state index contributed by atoms with van der Waals surface area (Å²) in [5.41, 5.74) is 1.53. The lowest BCUT2D eigenvalue weighted by atomic mass is 10.1. The van der Waals surface area contributed by atoms with Crippen LogP contribution in [0.3, 0.4) is 0 Å². The van der Waals surface area contributed by atoms with Gasteiger partial charge in [-0.05, 0) is 17.0 Å². The third-order valence-electron chi connectivity index (χ3n) is 2.47. The first-order valence-electron chi connectivity index (χ1n) is 5.30. The van der Waals surface area contributed by atoms with E-state index < -0.39 is 0 Å². The van der Waals surface area contributed by atoms with E-state index in [1.54, 1.807) is 11.4 Å². The van der Waals surface area contributed by atoms with Crippen LogP contribution in [0.15, 0.2) is 47.2 Å². The number of nitrogens with one attached hydrogen (secondary N) is 1. The van der Waals surface area contributed by atoms with Crippen LogP contribution in [-0.2, 0) is 0 Å². The zero-order chi connectivity index (χ0) is 12.1. The van der Waals surface area contributed by atoms with Gasteiger partial charge in [-0.25, -0.2) is 0 Å². The molecule has 0 aliphatic rings. The highest BCUT2D eigenvalue weighted by atomic mass is 32.1. The van der Waals surface area contributed by atoms with Gasteiger partial charge in [0, 0.05) is 5.38 Å². The van der Waals surface area contributed by atoms with Crippen molar-refractivity contribution in [1.29, 1.82) is 0 Å². The smallest absolute Gasteiger partial charge is 0.252 e. The lowest BCUT2D eigenvalue weighted by Gasteiger charge is -2.16. The molecule has 88 valence electrons. The Morgan fingerprint density at radius 3 is 2.65 bits per heavy atom. The Balaban J connectivity index is 2.09. The van der Waals surface area contributed by atoms with Crippen molar-refractivity contribution in [2.45, 2.75) is 6.04 Å². The first-order chi connectivity index (χ1) is 8.31. The van der Waals surface area contributed by atoms with E-state index in [4.69, 9.17) is 0 Å². The molecule has 1 atom stereocenters. The molecule has 0 unspecified atom stereocenters. The highest BCUT2D eigenvalue weighted by molar-refractivity contribution is 7.08. The van der Waals surface area contributed by atoms with Gasteiger partial charge < -0.3 is 10.4 Å². The van der Waals surface area contributed by atoms with E-state index >= 15 is 0 Å². The van der Waals surface area contributed by atoms with E-state index in [0.717, 1.165) is 5.56 Å². The van der Waals surface area contributed by atoms with Crippen molar-refractivity contribution in [2.75, 3.05) is 6.61 Å². The van der Waals surface area contributed by atoms with Crippen molar-refractivity contribution in [3.8, 4) is 0 Å². The summed E-state index contributed by atoms with van der Waals surface area (Å²) in [7, 11) is 0. The fraction of sp³-hybridized carbons (Fsp3) is 0.154. The maximum atomic E-state index is 11.8. The minimum Gasteiger partial charge on any atom is -0.394 e. The molecule has 0 saturated carbocycles. The van der Waals surface area contributed by atoms with Gasteiger partial charge in [-0.15, -0.1) is 0 Å². The minimum atomic E-state index is -0.358. The first-order valence-corrected chi connectivity index (χ1v) is 6.24. The zero-order valence-electron chi connectivity index (χ0n) is 9.17. The number of hydrogen-bond donors (Lipinski definition) is 2. The van der Waals surface area contributed by atoms with Gasteiger partial charge in [0.2, 0.25) is 0 Å².